The lowest BCUT2D eigenvalue weighted by Crippen LogP contribution is -1.96. The van der Waals surface area contributed by atoms with Crippen molar-refractivity contribution in [3.05, 3.63) is 27.9 Å². The molecule has 6 heteroatoms. The molecule has 1 aromatic heterocycles. The summed E-state index contributed by atoms with van der Waals surface area (Å²) in [5, 5.41) is 18.7. The molecule has 0 unspecified atom stereocenters. The summed E-state index contributed by atoms with van der Waals surface area (Å²) in [4.78, 5) is 13.1. The van der Waals surface area contributed by atoms with Gasteiger partial charge in [0.25, 0.3) is 0 Å². The zero-order valence-electron chi connectivity index (χ0n) is 5.89. The monoisotopic (exact) mass is 164 g/mol. The van der Waals surface area contributed by atoms with Gasteiger partial charge in [-0.2, -0.15) is 5.26 Å². The fourth-order valence-corrected chi connectivity index (χ4v) is 0.699. The highest BCUT2D eigenvalue weighted by Gasteiger charge is 2.13. The summed E-state index contributed by atoms with van der Waals surface area (Å²) in [5.74, 6) is 0.0946. The molecule has 0 aliphatic rings. The van der Waals surface area contributed by atoms with Crippen LogP contribution in [0.4, 0.5) is 11.5 Å². The molecular formula is C6H4N4O2. The Morgan fingerprint density at radius 3 is 2.92 bits per heavy atom. The fraction of sp³-hybridized carbons (Fsp3) is 0. The summed E-state index contributed by atoms with van der Waals surface area (Å²) in [6.07, 6.45) is 0.966. The standard InChI is InChI=1S/C6H4N4O2/c7-2-4-1-6(8)9-3-5(4)10(11)12/h1,3H,(H2,8,9). The third-order valence-electron chi connectivity index (χ3n) is 1.22. The zero-order valence-corrected chi connectivity index (χ0v) is 5.89. The summed E-state index contributed by atoms with van der Waals surface area (Å²) in [5.41, 5.74) is 4.81. The van der Waals surface area contributed by atoms with Crippen LogP contribution < -0.4 is 5.73 Å². The number of nitrogen functional groups attached to an aromatic ring is 1. The molecule has 60 valence electrons. The quantitative estimate of drug-likeness (QED) is 0.478. The van der Waals surface area contributed by atoms with Gasteiger partial charge in [-0.25, -0.2) is 4.98 Å². The number of nitro groups is 1. The first-order valence-corrected chi connectivity index (χ1v) is 2.95. The van der Waals surface area contributed by atoms with E-state index < -0.39 is 4.92 Å². The number of pyridine rings is 1. The van der Waals surface area contributed by atoms with Crippen LogP contribution in [0.15, 0.2) is 12.3 Å². The van der Waals surface area contributed by atoms with Crippen molar-refractivity contribution >= 4 is 11.5 Å². The molecule has 0 spiro atoms. The highest BCUT2D eigenvalue weighted by atomic mass is 16.6. The molecule has 1 aromatic rings. The molecule has 1 rings (SSSR count). The highest BCUT2D eigenvalue weighted by molar-refractivity contribution is 5.51. The van der Waals surface area contributed by atoms with Crippen LogP contribution in [-0.2, 0) is 0 Å². The SMILES string of the molecule is N#Cc1cc(N)ncc1[N+](=O)[O-]. The third kappa shape index (κ3) is 1.29. The maximum atomic E-state index is 10.3. The number of nitrogens with two attached hydrogens (primary N) is 1. The van der Waals surface area contributed by atoms with E-state index in [-0.39, 0.29) is 17.1 Å². The normalized spacial score (nSPS) is 8.92. The van der Waals surface area contributed by atoms with E-state index in [0.717, 1.165) is 12.3 Å². The molecule has 0 aromatic carbocycles. The van der Waals surface area contributed by atoms with E-state index in [9.17, 15) is 10.1 Å². The Balaban J connectivity index is 3.32. The average molecular weight is 164 g/mol. The van der Waals surface area contributed by atoms with Crippen LogP contribution in [0, 0.1) is 21.4 Å². The molecule has 0 saturated carbocycles. The molecule has 6 nitrogen and oxygen atoms in total. The molecule has 0 amide bonds. The van der Waals surface area contributed by atoms with Gasteiger partial charge in [0.05, 0.1) is 4.92 Å². The first-order chi connectivity index (χ1) is 5.65. The molecule has 0 atom stereocenters. The number of hydrogen-bond donors (Lipinski definition) is 1. The van der Waals surface area contributed by atoms with Crippen molar-refractivity contribution in [3.8, 4) is 6.07 Å². The number of hydrogen-bond acceptors (Lipinski definition) is 5. The van der Waals surface area contributed by atoms with Crippen LogP contribution in [0.5, 0.6) is 0 Å². The van der Waals surface area contributed by atoms with Crippen molar-refractivity contribution in [1.29, 1.82) is 5.26 Å². The number of rotatable bonds is 1. The van der Waals surface area contributed by atoms with E-state index >= 15 is 0 Å². The van der Waals surface area contributed by atoms with Gasteiger partial charge in [-0.1, -0.05) is 0 Å². The van der Waals surface area contributed by atoms with E-state index in [1.807, 2.05) is 0 Å². The Morgan fingerprint density at radius 2 is 2.42 bits per heavy atom. The maximum Gasteiger partial charge on any atom is 0.305 e. The Bertz CT molecular complexity index is 368. The summed E-state index contributed by atoms with van der Waals surface area (Å²) in [7, 11) is 0. The smallest absolute Gasteiger partial charge is 0.305 e. The second-order valence-electron chi connectivity index (χ2n) is 2.00. The van der Waals surface area contributed by atoms with Crippen molar-refractivity contribution in [1.82, 2.24) is 4.98 Å². The van der Waals surface area contributed by atoms with Crippen molar-refractivity contribution in [2.45, 2.75) is 0 Å². The Hall–Kier alpha value is -2.16. The minimum absolute atomic E-state index is 0.0764. The molecule has 0 aliphatic carbocycles. The number of anilines is 1. The fourth-order valence-electron chi connectivity index (χ4n) is 0.699. The van der Waals surface area contributed by atoms with Crippen molar-refractivity contribution in [3.63, 3.8) is 0 Å². The van der Waals surface area contributed by atoms with E-state index in [1.54, 1.807) is 6.07 Å². The Labute approximate surface area is 67.4 Å². The van der Waals surface area contributed by atoms with E-state index in [2.05, 4.69) is 4.98 Å². The van der Waals surface area contributed by atoms with Gasteiger partial charge < -0.3 is 5.73 Å². The maximum absolute atomic E-state index is 10.3. The molecule has 12 heavy (non-hydrogen) atoms. The molecule has 2 N–H and O–H groups in total. The predicted molar refractivity (Wildman–Crippen MR) is 40.0 cm³/mol. The topological polar surface area (TPSA) is 106 Å². The van der Waals surface area contributed by atoms with Gasteiger partial charge in [0.2, 0.25) is 0 Å². The molecule has 0 aliphatic heterocycles. The van der Waals surface area contributed by atoms with Gasteiger partial charge in [0, 0.05) is 6.07 Å². The molecule has 0 bridgehead atoms. The van der Waals surface area contributed by atoms with Gasteiger partial charge in [-0.05, 0) is 0 Å². The van der Waals surface area contributed by atoms with E-state index in [0.29, 0.717) is 0 Å². The van der Waals surface area contributed by atoms with Crippen LogP contribution in [0.1, 0.15) is 5.56 Å². The van der Waals surface area contributed by atoms with Crippen LogP contribution in [0.2, 0.25) is 0 Å². The summed E-state index contributed by atoms with van der Waals surface area (Å²) < 4.78 is 0. The van der Waals surface area contributed by atoms with Gasteiger partial charge in [-0.3, -0.25) is 10.1 Å². The van der Waals surface area contributed by atoms with Crippen LogP contribution in [-0.4, -0.2) is 9.91 Å². The van der Waals surface area contributed by atoms with Gasteiger partial charge in [-0.15, -0.1) is 0 Å². The summed E-state index contributed by atoms with van der Waals surface area (Å²) in [6.45, 7) is 0. The van der Waals surface area contributed by atoms with Crippen LogP contribution >= 0.6 is 0 Å². The molecule has 0 radical (unpaired) electrons. The molecular weight excluding hydrogens is 160 g/mol. The molecule has 0 saturated heterocycles. The highest BCUT2D eigenvalue weighted by Crippen LogP contribution is 2.17. The number of aromatic nitrogens is 1. The summed E-state index contributed by atoms with van der Waals surface area (Å²) in [6, 6.07) is 2.82. The molecule has 0 fully saturated rings. The van der Waals surface area contributed by atoms with Crippen molar-refractivity contribution < 1.29 is 4.92 Å². The lowest BCUT2D eigenvalue weighted by Gasteiger charge is -1.94. The second kappa shape index (κ2) is 2.84. The Morgan fingerprint density at radius 1 is 1.75 bits per heavy atom. The summed E-state index contributed by atoms with van der Waals surface area (Å²) >= 11 is 0. The van der Waals surface area contributed by atoms with E-state index in [1.165, 1.54) is 0 Å². The minimum atomic E-state index is -0.676. The molecule has 1 heterocycles. The van der Waals surface area contributed by atoms with Gasteiger partial charge in [0.1, 0.15) is 23.6 Å². The lowest BCUT2D eigenvalue weighted by atomic mass is 10.2. The number of nitriles is 1. The largest absolute Gasteiger partial charge is 0.384 e. The van der Waals surface area contributed by atoms with Crippen LogP contribution in [0.3, 0.4) is 0 Å². The van der Waals surface area contributed by atoms with Gasteiger partial charge >= 0.3 is 5.69 Å². The van der Waals surface area contributed by atoms with Gasteiger partial charge in [0.15, 0.2) is 0 Å². The van der Waals surface area contributed by atoms with Crippen molar-refractivity contribution in [2.75, 3.05) is 5.73 Å². The number of nitrogens with zero attached hydrogens (tertiary/aromatic N) is 3. The second-order valence-corrected chi connectivity index (χ2v) is 2.00. The van der Waals surface area contributed by atoms with Crippen molar-refractivity contribution in [2.24, 2.45) is 0 Å². The Kier molecular flexibility index (Phi) is 1.88. The van der Waals surface area contributed by atoms with E-state index in [4.69, 9.17) is 11.0 Å². The first kappa shape index (κ1) is 7.94. The third-order valence-corrected chi connectivity index (χ3v) is 1.22. The zero-order chi connectivity index (χ0) is 9.14. The minimum Gasteiger partial charge on any atom is -0.384 e. The van der Waals surface area contributed by atoms with Crippen LogP contribution in [0.25, 0.3) is 0 Å². The first-order valence-electron chi connectivity index (χ1n) is 2.95. The predicted octanol–water partition coefficient (Wildman–Crippen LogP) is 0.444. The lowest BCUT2D eigenvalue weighted by molar-refractivity contribution is -0.385. The average Bonchev–Trinajstić information content (AvgIpc) is 2.03.